The van der Waals surface area contributed by atoms with Crippen molar-refractivity contribution in [3.63, 3.8) is 0 Å². The highest BCUT2D eigenvalue weighted by Crippen LogP contribution is 1.94. The molecule has 74 valence electrons. The molecule has 0 aromatic rings. The van der Waals surface area contributed by atoms with Crippen molar-refractivity contribution in [3.05, 3.63) is 0 Å². The number of hydrogen-bond donors (Lipinski definition) is 1. The van der Waals surface area contributed by atoms with Crippen molar-refractivity contribution >= 4 is 0 Å². The zero-order valence-corrected chi connectivity index (χ0v) is 8.58. The van der Waals surface area contributed by atoms with Crippen LogP contribution in [-0.4, -0.2) is 50.0 Å². The van der Waals surface area contributed by atoms with Crippen LogP contribution in [0.15, 0.2) is 0 Å². The molecule has 0 spiro atoms. The van der Waals surface area contributed by atoms with E-state index in [1.807, 2.05) is 19.0 Å². The summed E-state index contributed by atoms with van der Waals surface area (Å²) in [6, 6.07) is 0. The lowest BCUT2D eigenvalue weighted by molar-refractivity contribution is 0.0148. The van der Waals surface area contributed by atoms with Crippen LogP contribution in [0.3, 0.4) is 0 Å². The standard InChI is InChI=1S/C9H21NO2/c1-8(2)6-12-7-9(11)5-10(3)4/h8-9,11H,5-7H2,1-4H3/t9-/m0/s1. The average molecular weight is 175 g/mol. The summed E-state index contributed by atoms with van der Waals surface area (Å²) in [6.07, 6.45) is -0.362. The summed E-state index contributed by atoms with van der Waals surface area (Å²) in [5.74, 6) is 0.538. The van der Waals surface area contributed by atoms with E-state index in [0.717, 1.165) is 6.61 Å². The van der Waals surface area contributed by atoms with Gasteiger partial charge in [0.15, 0.2) is 0 Å². The predicted molar refractivity (Wildman–Crippen MR) is 50.2 cm³/mol. The van der Waals surface area contributed by atoms with Gasteiger partial charge in [0.1, 0.15) is 0 Å². The van der Waals surface area contributed by atoms with Crippen molar-refractivity contribution < 1.29 is 9.84 Å². The molecular formula is C9H21NO2. The van der Waals surface area contributed by atoms with Crippen LogP contribution in [0.2, 0.25) is 0 Å². The molecule has 1 atom stereocenters. The Morgan fingerprint density at radius 1 is 1.25 bits per heavy atom. The number of rotatable bonds is 6. The van der Waals surface area contributed by atoms with E-state index in [1.54, 1.807) is 0 Å². The molecule has 0 aliphatic rings. The van der Waals surface area contributed by atoms with Crippen molar-refractivity contribution in [2.24, 2.45) is 5.92 Å². The van der Waals surface area contributed by atoms with Crippen LogP contribution in [0.1, 0.15) is 13.8 Å². The molecule has 0 aromatic heterocycles. The van der Waals surface area contributed by atoms with E-state index >= 15 is 0 Å². The SMILES string of the molecule is CC(C)COC[C@@H](O)CN(C)C. The second-order valence-corrected chi connectivity index (χ2v) is 3.85. The molecule has 0 rings (SSSR count). The van der Waals surface area contributed by atoms with Crippen molar-refractivity contribution in [1.29, 1.82) is 0 Å². The van der Waals surface area contributed by atoms with E-state index in [9.17, 15) is 5.11 Å². The Hall–Kier alpha value is -0.120. The van der Waals surface area contributed by atoms with Crippen LogP contribution in [0.25, 0.3) is 0 Å². The monoisotopic (exact) mass is 175 g/mol. The summed E-state index contributed by atoms with van der Waals surface area (Å²) < 4.78 is 5.28. The number of likely N-dealkylation sites (N-methyl/N-ethyl adjacent to an activating group) is 1. The molecule has 0 radical (unpaired) electrons. The van der Waals surface area contributed by atoms with E-state index in [1.165, 1.54) is 0 Å². The van der Waals surface area contributed by atoms with Crippen LogP contribution < -0.4 is 0 Å². The van der Waals surface area contributed by atoms with Gasteiger partial charge >= 0.3 is 0 Å². The van der Waals surface area contributed by atoms with E-state index in [0.29, 0.717) is 19.1 Å². The fourth-order valence-corrected chi connectivity index (χ4v) is 0.914. The largest absolute Gasteiger partial charge is 0.389 e. The minimum Gasteiger partial charge on any atom is -0.389 e. The molecule has 1 N–H and O–H groups in total. The molecule has 0 fully saturated rings. The van der Waals surface area contributed by atoms with Gasteiger partial charge in [-0.25, -0.2) is 0 Å². The molecule has 3 heteroatoms. The van der Waals surface area contributed by atoms with Crippen LogP contribution >= 0.6 is 0 Å². The van der Waals surface area contributed by atoms with Gasteiger partial charge in [0.05, 0.1) is 12.7 Å². The summed E-state index contributed by atoms with van der Waals surface area (Å²) in [6.45, 7) is 6.02. The van der Waals surface area contributed by atoms with Crippen LogP contribution in [-0.2, 0) is 4.74 Å². The third-order valence-electron chi connectivity index (χ3n) is 1.34. The predicted octanol–water partition coefficient (Wildman–Crippen LogP) is 0.581. The Kier molecular flexibility index (Phi) is 6.34. The molecule has 0 unspecified atom stereocenters. The van der Waals surface area contributed by atoms with Crippen LogP contribution in [0.5, 0.6) is 0 Å². The normalized spacial score (nSPS) is 14.2. The number of nitrogens with zero attached hydrogens (tertiary/aromatic N) is 1. The smallest absolute Gasteiger partial charge is 0.0899 e. The highest BCUT2D eigenvalue weighted by molar-refractivity contribution is 4.57. The first-order chi connectivity index (χ1) is 5.52. The highest BCUT2D eigenvalue weighted by Gasteiger charge is 2.05. The third-order valence-corrected chi connectivity index (χ3v) is 1.34. The topological polar surface area (TPSA) is 32.7 Å². The highest BCUT2D eigenvalue weighted by atomic mass is 16.5. The summed E-state index contributed by atoms with van der Waals surface area (Å²) in [5, 5.41) is 9.37. The van der Waals surface area contributed by atoms with Gasteiger partial charge in [-0.1, -0.05) is 13.8 Å². The van der Waals surface area contributed by atoms with E-state index in [2.05, 4.69) is 13.8 Å². The molecule has 0 amide bonds. The summed E-state index contributed by atoms with van der Waals surface area (Å²) in [5.41, 5.74) is 0. The van der Waals surface area contributed by atoms with Gasteiger partial charge in [-0.3, -0.25) is 0 Å². The maximum absolute atomic E-state index is 9.37. The van der Waals surface area contributed by atoms with Crippen molar-refractivity contribution in [1.82, 2.24) is 4.90 Å². The lowest BCUT2D eigenvalue weighted by Crippen LogP contribution is -2.30. The fraction of sp³-hybridized carbons (Fsp3) is 1.00. The summed E-state index contributed by atoms with van der Waals surface area (Å²) in [7, 11) is 3.87. The summed E-state index contributed by atoms with van der Waals surface area (Å²) >= 11 is 0. The first-order valence-electron chi connectivity index (χ1n) is 4.43. The quantitative estimate of drug-likeness (QED) is 0.641. The molecular weight excluding hydrogens is 154 g/mol. The van der Waals surface area contributed by atoms with Gasteiger partial charge in [-0.05, 0) is 20.0 Å². The number of aliphatic hydroxyl groups is 1. The van der Waals surface area contributed by atoms with Gasteiger partial charge in [-0.2, -0.15) is 0 Å². The molecule has 12 heavy (non-hydrogen) atoms. The second-order valence-electron chi connectivity index (χ2n) is 3.85. The van der Waals surface area contributed by atoms with Crippen molar-refractivity contribution in [2.45, 2.75) is 20.0 Å². The summed E-state index contributed by atoms with van der Waals surface area (Å²) in [4.78, 5) is 1.95. The van der Waals surface area contributed by atoms with E-state index < -0.39 is 0 Å². The zero-order valence-electron chi connectivity index (χ0n) is 8.58. The minimum atomic E-state index is -0.362. The lowest BCUT2D eigenvalue weighted by Gasteiger charge is -2.16. The maximum Gasteiger partial charge on any atom is 0.0899 e. The van der Waals surface area contributed by atoms with Crippen molar-refractivity contribution in [3.8, 4) is 0 Å². The Morgan fingerprint density at radius 2 is 1.83 bits per heavy atom. The van der Waals surface area contributed by atoms with Gasteiger partial charge in [0.2, 0.25) is 0 Å². The number of hydrogen-bond acceptors (Lipinski definition) is 3. The molecule has 0 saturated carbocycles. The lowest BCUT2D eigenvalue weighted by atomic mass is 10.2. The maximum atomic E-state index is 9.37. The first kappa shape index (κ1) is 11.9. The molecule has 0 aliphatic carbocycles. The van der Waals surface area contributed by atoms with Gasteiger partial charge < -0.3 is 14.7 Å². The number of aliphatic hydroxyl groups excluding tert-OH is 1. The molecule has 3 nitrogen and oxygen atoms in total. The van der Waals surface area contributed by atoms with Gasteiger partial charge in [0, 0.05) is 13.2 Å². The van der Waals surface area contributed by atoms with Gasteiger partial charge in [-0.15, -0.1) is 0 Å². The Labute approximate surface area is 75.3 Å². The molecule has 0 bridgehead atoms. The van der Waals surface area contributed by atoms with E-state index in [4.69, 9.17) is 4.74 Å². The Bertz CT molecular complexity index is 105. The van der Waals surface area contributed by atoms with Crippen LogP contribution in [0, 0.1) is 5.92 Å². The minimum absolute atomic E-state index is 0.362. The van der Waals surface area contributed by atoms with E-state index in [-0.39, 0.29) is 6.10 Å². The van der Waals surface area contributed by atoms with Crippen molar-refractivity contribution in [2.75, 3.05) is 33.9 Å². The third kappa shape index (κ3) is 7.98. The molecule has 0 saturated heterocycles. The molecule has 0 aliphatic heterocycles. The Morgan fingerprint density at radius 3 is 2.25 bits per heavy atom. The second kappa shape index (κ2) is 6.40. The average Bonchev–Trinajstić information content (AvgIpc) is 1.84. The molecule has 0 heterocycles. The zero-order chi connectivity index (χ0) is 9.56. The van der Waals surface area contributed by atoms with Gasteiger partial charge in [0.25, 0.3) is 0 Å². The molecule has 0 aromatic carbocycles. The number of ether oxygens (including phenoxy) is 1. The van der Waals surface area contributed by atoms with Crippen LogP contribution in [0.4, 0.5) is 0 Å². The fourth-order valence-electron chi connectivity index (χ4n) is 0.914. The first-order valence-corrected chi connectivity index (χ1v) is 4.43. The Balaban J connectivity index is 3.25.